The molecule has 1 aromatic carbocycles. The standard InChI is InChI=1S/C44H57N3O6/c1-27(2)21-29(5)16-18-35(22-33-13-10-9-11-14-33)44(52)47-20-12-15-38(47)39(48)24-36(43(51)46-28(3)4)23-34-17-19-40(45-25-34)53-26-37-32(8)41(49)30(6)31(7)42(37)50/h9-11,13-14,16-19,25,27-29,35-36,38H,12,15,20-24,26H2,1-8H3,(H,46,51)/b18-16+/t29-,35-,36-,38+/m1/s1. The molecule has 0 saturated carbocycles. The lowest BCUT2D eigenvalue weighted by atomic mass is 9.86. The molecule has 9 heteroatoms. The third-order valence-corrected chi connectivity index (χ3v) is 10.2. The molecule has 1 saturated heterocycles. The van der Waals surface area contributed by atoms with Crippen molar-refractivity contribution >= 4 is 29.2 Å². The van der Waals surface area contributed by atoms with Gasteiger partial charge >= 0.3 is 0 Å². The Balaban J connectivity index is 1.47. The molecule has 2 aromatic rings. The quantitative estimate of drug-likeness (QED) is 0.138. The van der Waals surface area contributed by atoms with Crippen molar-refractivity contribution < 1.29 is 28.7 Å². The van der Waals surface area contributed by atoms with E-state index in [0.29, 0.717) is 53.5 Å². The number of allylic oxidation sites excluding steroid dienone is 4. The van der Waals surface area contributed by atoms with Crippen molar-refractivity contribution in [3.8, 4) is 5.88 Å². The Morgan fingerprint density at radius 3 is 2.23 bits per heavy atom. The average Bonchev–Trinajstić information content (AvgIpc) is 3.62. The van der Waals surface area contributed by atoms with Crippen LogP contribution >= 0.6 is 0 Å². The van der Waals surface area contributed by atoms with E-state index in [1.165, 1.54) is 0 Å². The number of ether oxygens (including phenoxy) is 1. The number of amides is 2. The maximum absolute atomic E-state index is 14.2. The van der Waals surface area contributed by atoms with Crippen molar-refractivity contribution in [1.29, 1.82) is 0 Å². The van der Waals surface area contributed by atoms with E-state index in [4.69, 9.17) is 4.74 Å². The smallest absolute Gasteiger partial charge is 0.230 e. The third kappa shape index (κ3) is 11.2. The van der Waals surface area contributed by atoms with Gasteiger partial charge in [-0.3, -0.25) is 24.0 Å². The van der Waals surface area contributed by atoms with Crippen LogP contribution in [0.3, 0.4) is 0 Å². The largest absolute Gasteiger partial charge is 0.473 e. The van der Waals surface area contributed by atoms with Gasteiger partial charge in [0.1, 0.15) is 6.61 Å². The number of nitrogens with zero attached hydrogens (tertiary/aromatic N) is 2. The molecule has 2 amide bonds. The maximum Gasteiger partial charge on any atom is 0.230 e. The lowest BCUT2D eigenvalue weighted by Gasteiger charge is -2.28. The van der Waals surface area contributed by atoms with Crippen molar-refractivity contribution in [2.45, 2.75) is 106 Å². The van der Waals surface area contributed by atoms with Gasteiger partial charge in [0, 0.05) is 59.5 Å². The van der Waals surface area contributed by atoms with Gasteiger partial charge in [-0.1, -0.05) is 69.3 Å². The molecule has 284 valence electrons. The number of carbonyl (C=O) groups is 5. The molecule has 9 nitrogen and oxygen atoms in total. The number of likely N-dealkylation sites (tertiary alicyclic amines) is 1. The van der Waals surface area contributed by atoms with E-state index in [1.54, 1.807) is 44.0 Å². The topological polar surface area (TPSA) is 123 Å². The summed E-state index contributed by atoms with van der Waals surface area (Å²) in [7, 11) is 0. The number of aromatic nitrogens is 1. The van der Waals surface area contributed by atoms with Gasteiger partial charge in [0.25, 0.3) is 0 Å². The molecule has 1 aliphatic heterocycles. The SMILES string of the molecule is CC1=C(C)C(=O)C(COc2ccc(C[C@H](CC(=O)[C@@H]3CCCN3C(=O)[C@H](/C=C/[C@@H](C)CC(C)C)Cc3ccccc3)C(=O)NC(C)C)cn2)=C(C)C1=O. The van der Waals surface area contributed by atoms with Crippen molar-refractivity contribution in [3.63, 3.8) is 0 Å². The summed E-state index contributed by atoms with van der Waals surface area (Å²) in [5.74, 6) is -0.672. The van der Waals surface area contributed by atoms with Crippen LogP contribution in [0.4, 0.5) is 0 Å². The minimum absolute atomic E-state index is 0.00821. The fourth-order valence-corrected chi connectivity index (χ4v) is 7.25. The second-order valence-corrected chi connectivity index (χ2v) is 15.5. The van der Waals surface area contributed by atoms with E-state index in [-0.39, 0.29) is 60.5 Å². The van der Waals surface area contributed by atoms with Gasteiger partial charge in [-0.2, -0.15) is 0 Å². The molecule has 2 aliphatic rings. The van der Waals surface area contributed by atoms with E-state index < -0.39 is 17.9 Å². The number of nitrogens with one attached hydrogen (secondary N) is 1. The monoisotopic (exact) mass is 723 g/mol. The van der Waals surface area contributed by atoms with E-state index in [9.17, 15) is 24.0 Å². The first-order chi connectivity index (χ1) is 25.2. The minimum atomic E-state index is -0.662. The molecular weight excluding hydrogens is 666 g/mol. The van der Waals surface area contributed by atoms with Crippen LogP contribution in [-0.2, 0) is 36.8 Å². The number of Topliss-reactive ketones (excluding diaryl/α,β-unsaturated/α-hetero) is 3. The summed E-state index contributed by atoms with van der Waals surface area (Å²) in [5, 5.41) is 2.97. The molecule has 0 spiro atoms. The number of benzene rings is 1. The molecule has 4 atom stereocenters. The summed E-state index contributed by atoms with van der Waals surface area (Å²) >= 11 is 0. The van der Waals surface area contributed by atoms with Crippen LogP contribution < -0.4 is 10.1 Å². The number of rotatable bonds is 17. The molecule has 2 heterocycles. The zero-order valence-electron chi connectivity index (χ0n) is 32.7. The van der Waals surface area contributed by atoms with Gasteiger partial charge < -0.3 is 15.0 Å². The maximum atomic E-state index is 14.2. The minimum Gasteiger partial charge on any atom is -0.473 e. The lowest BCUT2D eigenvalue weighted by Crippen LogP contribution is -2.45. The van der Waals surface area contributed by atoms with Crippen LogP contribution in [0.25, 0.3) is 0 Å². The Bertz CT molecular complexity index is 1740. The fraction of sp³-hybridized carbons (Fsp3) is 0.500. The zero-order chi connectivity index (χ0) is 38.8. The third-order valence-electron chi connectivity index (χ3n) is 10.2. The van der Waals surface area contributed by atoms with Crippen molar-refractivity contribution in [2.24, 2.45) is 23.7 Å². The van der Waals surface area contributed by atoms with E-state index >= 15 is 0 Å². The van der Waals surface area contributed by atoms with Gasteiger partial charge in [0.2, 0.25) is 17.7 Å². The molecule has 1 aromatic heterocycles. The van der Waals surface area contributed by atoms with Crippen LogP contribution in [0.2, 0.25) is 0 Å². The normalized spacial score (nSPS) is 18.3. The Labute approximate surface area is 315 Å². The van der Waals surface area contributed by atoms with Crippen LogP contribution in [-0.4, -0.2) is 64.3 Å². The molecule has 4 rings (SSSR count). The lowest BCUT2D eigenvalue weighted by molar-refractivity contribution is -0.140. The highest BCUT2D eigenvalue weighted by molar-refractivity contribution is 6.24. The predicted molar refractivity (Wildman–Crippen MR) is 207 cm³/mol. The highest BCUT2D eigenvalue weighted by atomic mass is 16.5. The Morgan fingerprint density at radius 2 is 1.58 bits per heavy atom. The first-order valence-electron chi connectivity index (χ1n) is 19.1. The summed E-state index contributed by atoms with van der Waals surface area (Å²) in [6.07, 6.45) is 8.92. The van der Waals surface area contributed by atoms with Crippen LogP contribution in [0.5, 0.6) is 5.88 Å². The van der Waals surface area contributed by atoms with E-state index in [0.717, 1.165) is 24.0 Å². The van der Waals surface area contributed by atoms with Crippen LogP contribution in [0.15, 0.2) is 83.1 Å². The Kier molecular flexibility index (Phi) is 14.7. The van der Waals surface area contributed by atoms with Crippen molar-refractivity contribution in [2.75, 3.05) is 13.2 Å². The molecule has 0 bridgehead atoms. The number of hydrogen-bond acceptors (Lipinski definition) is 7. The summed E-state index contributed by atoms with van der Waals surface area (Å²) < 4.78 is 5.81. The van der Waals surface area contributed by atoms with Gasteiger partial charge in [-0.05, 0) is 89.7 Å². The summed E-state index contributed by atoms with van der Waals surface area (Å²) in [6.45, 7) is 15.7. The number of carbonyl (C=O) groups excluding carboxylic acids is 5. The number of ketones is 3. The summed E-state index contributed by atoms with van der Waals surface area (Å²) in [6, 6.07) is 12.7. The number of pyridine rings is 1. The fourth-order valence-electron chi connectivity index (χ4n) is 7.25. The molecule has 53 heavy (non-hydrogen) atoms. The molecule has 1 fully saturated rings. The van der Waals surface area contributed by atoms with Crippen LogP contribution in [0.1, 0.15) is 92.2 Å². The van der Waals surface area contributed by atoms with Crippen molar-refractivity contribution in [1.82, 2.24) is 15.2 Å². The van der Waals surface area contributed by atoms with E-state index in [2.05, 4.69) is 37.1 Å². The number of hydrogen-bond donors (Lipinski definition) is 1. The zero-order valence-corrected chi connectivity index (χ0v) is 32.7. The molecular formula is C44H57N3O6. The summed E-state index contributed by atoms with van der Waals surface area (Å²) in [5.41, 5.74) is 3.37. The van der Waals surface area contributed by atoms with Gasteiger partial charge in [-0.25, -0.2) is 4.98 Å². The first-order valence-corrected chi connectivity index (χ1v) is 19.1. The van der Waals surface area contributed by atoms with Crippen molar-refractivity contribution in [3.05, 3.63) is 94.2 Å². The molecule has 0 unspecified atom stereocenters. The molecule has 1 N–H and O–H groups in total. The first kappa shape index (κ1) is 41.1. The highest BCUT2D eigenvalue weighted by Crippen LogP contribution is 2.28. The average molecular weight is 724 g/mol. The highest BCUT2D eigenvalue weighted by Gasteiger charge is 2.38. The Hall–Kier alpha value is -4.66. The van der Waals surface area contributed by atoms with Gasteiger partial charge in [0.05, 0.1) is 12.0 Å². The second kappa shape index (κ2) is 18.9. The van der Waals surface area contributed by atoms with Crippen LogP contribution in [0, 0.1) is 23.7 Å². The van der Waals surface area contributed by atoms with Gasteiger partial charge in [-0.15, -0.1) is 0 Å². The predicted octanol–water partition coefficient (Wildman–Crippen LogP) is 7.00. The Morgan fingerprint density at radius 1 is 0.887 bits per heavy atom. The summed E-state index contributed by atoms with van der Waals surface area (Å²) in [4.78, 5) is 73.2. The molecule has 1 aliphatic carbocycles. The van der Waals surface area contributed by atoms with Gasteiger partial charge in [0.15, 0.2) is 17.3 Å². The molecule has 0 radical (unpaired) electrons. The van der Waals surface area contributed by atoms with E-state index in [1.807, 2.05) is 50.3 Å². The second-order valence-electron chi connectivity index (χ2n) is 15.5.